The third kappa shape index (κ3) is 2.50. The van der Waals surface area contributed by atoms with Crippen molar-refractivity contribution >= 4 is 5.91 Å². The fraction of sp³-hybridized carbons (Fsp3) is 0.400. The molecule has 124 valence electrons. The largest absolute Gasteiger partial charge is 0.342 e. The number of likely N-dealkylation sites (N-methyl/N-ethyl adjacent to an activating group) is 1. The first-order valence-electron chi connectivity index (χ1n) is 8.64. The van der Waals surface area contributed by atoms with Crippen LogP contribution in [0.5, 0.6) is 0 Å². The van der Waals surface area contributed by atoms with Crippen molar-refractivity contribution in [3.05, 3.63) is 54.1 Å². The van der Waals surface area contributed by atoms with Crippen LogP contribution in [0.2, 0.25) is 0 Å². The molecule has 4 heteroatoms. The lowest BCUT2D eigenvalue weighted by Gasteiger charge is -2.29. The monoisotopic (exact) mass is 324 g/mol. The van der Waals surface area contributed by atoms with Crippen molar-refractivity contribution < 1.29 is 9.18 Å². The predicted molar refractivity (Wildman–Crippen MR) is 90.9 cm³/mol. The van der Waals surface area contributed by atoms with E-state index in [2.05, 4.69) is 4.98 Å². The molecule has 24 heavy (non-hydrogen) atoms. The van der Waals surface area contributed by atoms with Gasteiger partial charge in [0.2, 0.25) is 5.91 Å². The molecule has 1 aromatic heterocycles. The first-order chi connectivity index (χ1) is 11.6. The van der Waals surface area contributed by atoms with Gasteiger partial charge in [-0.05, 0) is 42.5 Å². The van der Waals surface area contributed by atoms with Crippen LogP contribution in [0.3, 0.4) is 0 Å². The highest BCUT2D eigenvalue weighted by molar-refractivity contribution is 5.86. The van der Waals surface area contributed by atoms with E-state index in [9.17, 15) is 9.18 Å². The molecule has 3 atom stereocenters. The first kappa shape index (κ1) is 15.3. The number of hydrogen-bond acceptors (Lipinski definition) is 2. The molecule has 0 unspecified atom stereocenters. The molecule has 2 fully saturated rings. The van der Waals surface area contributed by atoms with Crippen LogP contribution in [-0.2, 0) is 4.79 Å². The summed E-state index contributed by atoms with van der Waals surface area (Å²) in [5.41, 5.74) is 2.53. The summed E-state index contributed by atoms with van der Waals surface area (Å²) in [7, 11) is 1.92. The Kier molecular flexibility index (Phi) is 3.83. The van der Waals surface area contributed by atoms with Crippen LogP contribution in [0.15, 0.2) is 42.6 Å². The number of carbonyl (C=O) groups excluding carboxylic acids is 1. The quantitative estimate of drug-likeness (QED) is 0.836. The summed E-state index contributed by atoms with van der Waals surface area (Å²) in [6, 6.07) is 10.7. The summed E-state index contributed by atoms with van der Waals surface area (Å²) < 4.78 is 13.4. The van der Waals surface area contributed by atoms with Gasteiger partial charge in [-0.25, -0.2) is 4.39 Å². The molecule has 1 aromatic carbocycles. The number of likely N-dealkylation sites (tertiary alicyclic amines) is 1. The van der Waals surface area contributed by atoms with Gasteiger partial charge in [-0.1, -0.05) is 31.0 Å². The molecule has 1 saturated heterocycles. The van der Waals surface area contributed by atoms with Crippen molar-refractivity contribution in [2.75, 3.05) is 7.05 Å². The van der Waals surface area contributed by atoms with Crippen LogP contribution >= 0.6 is 0 Å². The molecule has 0 spiro atoms. The number of nitrogens with zero attached hydrogens (tertiary/aromatic N) is 2. The van der Waals surface area contributed by atoms with Gasteiger partial charge < -0.3 is 4.90 Å². The number of rotatable bonds is 2. The van der Waals surface area contributed by atoms with E-state index >= 15 is 0 Å². The number of carbonyl (C=O) groups is 1. The van der Waals surface area contributed by atoms with Crippen LogP contribution < -0.4 is 0 Å². The van der Waals surface area contributed by atoms with E-state index in [0.29, 0.717) is 12.0 Å². The van der Waals surface area contributed by atoms with Crippen molar-refractivity contribution in [3.8, 4) is 11.1 Å². The molecular formula is C20H21FN2O. The van der Waals surface area contributed by atoms with Crippen LogP contribution in [-0.4, -0.2) is 28.9 Å². The smallest absolute Gasteiger partial charge is 0.232 e. The Hall–Kier alpha value is -2.23. The average molecular weight is 324 g/mol. The zero-order valence-electron chi connectivity index (χ0n) is 13.8. The maximum Gasteiger partial charge on any atom is 0.232 e. The third-order valence-electron chi connectivity index (χ3n) is 5.58. The molecule has 1 amide bonds. The Morgan fingerprint density at radius 2 is 1.96 bits per heavy atom. The van der Waals surface area contributed by atoms with Crippen molar-refractivity contribution in [2.45, 2.75) is 37.6 Å². The second-order valence-corrected chi connectivity index (χ2v) is 6.92. The fourth-order valence-corrected chi connectivity index (χ4v) is 4.35. The number of amides is 1. The van der Waals surface area contributed by atoms with Gasteiger partial charge in [-0.15, -0.1) is 0 Å². The van der Waals surface area contributed by atoms with E-state index in [0.717, 1.165) is 29.7 Å². The highest BCUT2D eigenvalue weighted by Gasteiger charge is 2.48. The predicted octanol–water partition coefficient (Wildman–Crippen LogP) is 4.00. The molecule has 0 N–H and O–H groups in total. The van der Waals surface area contributed by atoms with Crippen molar-refractivity contribution in [3.63, 3.8) is 0 Å². The maximum atomic E-state index is 13.4. The highest BCUT2D eigenvalue weighted by atomic mass is 19.1. The van der Waals surface area contributed by atoms with Crippen LogP contribution in [0.1, 0.15) is 37.3 Å². The second kappa shape index (κ2) is 6.00. The minimum Gasteiger partial charge on any atom is -0.342 e. The zero-order valence-corrected chi connectivity index (χ0v) is 13.8. The highest BCUT2D eigenvalue weighted by Crippen LogP contribution is 2.44. The average Bonchev–Trinajstić information content (AvgIpc) is 2.87. The fourth-order valence-electron chi connectivity index (χ4n) is 4.35. The summed E-state index contributed by atoms with van der Waals surface area (Å²) in [5, 5.41) is 0. The Labute approximate surface area is 141 Å². The Morgan fingerprint density at radius 1 is 1.12 bits per heavy atom. The van der Waals surface area contributed by atoms with Crippen LogP contribution in [0.25, 0.3) is 11.1 Å². The van der Waals surface area contributed by atoms with Gasteiger partial charge in [-0.3, -0.25) is 9.78 Å². The molecule has 2 heterocycles. The molecular weight excluding hydrogens is 303 g/mol. The van der Waals surface area contributed by atoms with Gasteiger partial charge >= 0.3 is 0 Å². The molecule has 2 aliphatic rings. The van der Waals surface area contributed by atoms with E-state index in [1.165, 1.54) is 25.0 Å². The molecule has 1 aliphatic carbocycles. The second-order valence-electron chi connectivity index (χ2n) is 6.92. The topological polar surface area (TPSA) is 33.2 Å². The lowest BCUT2D eigenvalue weighted by atomic mass is 9.78. The number of benzene rings is 1. The van der Waals surface area contributed by atoms with E-state index in [-0.39, 0.29) is 17.6 Å². The molecule has 1 saturated carbocycles. The summed E-state index contributed by atoms with van der Waals surface area (Å²) in [6.07, 6.45) is 6.36. The van der Waals surface area contributed by atoms with Gasteiger partial charge in [0.05, 0.1) is 11.6 Å². The Bertz CT molecular complexity index is 758. The lowest BCUT2D eigenvalue weighted by Crippen LogP contribution is -2.33. The maximum absolute atomic E-state index is 13.4. The SMILES string of the molecule is CN1C(=O)[C@H](c2ccc(-c3cccc(F)c3)cn2)[C@@H]2CCCC[C@@H]21. The van der Waals surface area contributed by atoms with Crippen molar-refractivity contribution in [1.82, 2.24) is 9.88 Å². The van der Waals surface area contributed by atoms with Gasteiger partial charge in [0, 0.05) is 24.8 Å². The number of pyridine rings is 1. The molecule has 4 rings (SSSR count). The zero-order chi connectivity index (χ0) is 16.7. The standard InChI is InChI=1S/C20H21FN2O/c1-23-18-8-3-2-7-16(18)19(20(23)24)17-10-9-14(12-22-17)13-5-4-6-15(21)11-13/h4-6,9-12,16,18-19H,2-3,7-8H2,1H3/t16-,18+,19+/m1/s1. The third-order valence-corrected chi connectivity index (χ3v) is 5.58. The van der Waals surface area contributed by atoms with E-state index in [4.69, 9.17) is 0 Å². The van der Waals surface area contributed by atoms with Crippen molar-refractivity contribution in [1.29, 1.82) is 0 Å². The summed E-state index contributed by atoms with van der Waals surface area (Å²) in [6.45, 7) is 0. The lowest BCUT2D eigenvalue weighted by molar-refractivity contribution is -0.128. The minimum absolute atomic E-state index is 0.123. The van der Waals surface area contributed by atoms with Crippen molar-refractivity contribution in [2.24, 2.45) is 5.92 Å². The molecule has 0 bridgehead atoms. The van der Waals surface area contributed by atoms with Gasteiger partial charge in [0.25, 0.3) is 0 Å². The molecule has 2 aromatic rings. The van der Waals surface area contributed by atoms with Gasteiger partial charge in [0.15, 0.2) is 0 Å². The van der Waals surface area contributed by atoms with Crippen LogP contribution in [0.4, 0.5) is 4.39 Å². The summed E-state index contributed by atoms with van der Waals surface area (Å²) in [5.74, 6) is 0.192. The molecule has 0 radical (unpaired) electrons. The number of halogens is 1. The first-order valence-corrected chi connectivity index (χ1v) is 8.64. The Balaban J connectivity index is 1.64. The summed E-state index contributed by atoms with van der Waals surface area (Å²) in [4.78, 5) is 19.2. The minimum atomic E-state index is -0.255. The number of fused-ring (bicyclic) bond motifs is 1. The molecule has 3 nitrogen and oxygen atoms in total. The van der Waals surface area contributed by atoms with Gasteiger partial charge in [0.1, 0.15) is 5.82 Å². The van der Waals surface area contributed by atoms with E-state index in [1.54, 1.807) is 12.3 Å². The molecule has 1 aliphatic heterocycles. The normalized spacial score (nSPS) is 26.5. The van der Waals surface area contributed by atoms with E-state index < -0.39 is 0 Å². The Morgan fingerprint density at radius 3 is 2.71 bits per heavy atom. The number of aromatic nitrogens is 1. The number of hydrogen-bond donors (Lipinski definition) is 0. The summed E-state index contributed by atoms with van der Waals surface area (Å²) >= 11 is 0. The van der Waals surface area contributed by atoms with Gasteiger partial charge in [-0.2, -0.15) is 0 Å². The van der Waals surface area contributed by atoms with Crippen LogP contribution in [0, 0.1) is 11.7 Å². The van der Waals surface area contributed by atoms with E-state index in [1.807, 2.05) is 30.1 Å².